The molecule has 0 fully saturated rings. The number of hydroxylamine groups is 1. The Hall–Kier alpha value is -1.93. The molecule has 0 bridgehead atoms. The van der Waals surface area contributed by atoms with Crippen LogP contribution >= 0.6 is 0 Å². The molecule has 8 heteroatoms. The summed E-state index contributed by atoms with van der Waals surface area (Å²) in [5.41, 5.74) is 2.16. The minimum atomic E-state index is -1.10. The highest BCUT2D eigenvalue weighted by molar-refractivity contribution is 5.80. The van der Waals surface area contributed by atoms with Crippen molar-refractivity contribution >= 4 is 17.8 Å². The number of allylic oxidation sites excluding steroid dienone is 2. The molecule has 0 aliphatic carbocycles. The van der Waals surface area contributed by atoms with Crippen molar-refractivity contribution in [3.63, 3.8) is 0 Å². The second-order valence-electron chi connectivity index (χ2n) is 8.79. The summed E-state index contributed by atoms with van der Waals surface area (Å²) in [5.74, 6) is -2.20. The second-order valence-corrected chi connectivity index (χ2v) is 8.79. The lowest BCUT2D eigenvalue weighted by atomic mass is 10.1. The van der Waals surface area contributed by atoms with Gasteiger partial charge < -0.3 is 15.1 Å². The molecule has 0 spiro atoms. The van der Waals surface area contributed by atoms with Crippen LogP contribution in [0.4, 0.5) is 0 Å². The summed E-state index contributed by atoms with van der Waals surface area (Å²) in [7, 11) is 0. The van der Waals surface area contributed by atoms with Crippen molar-refractivity contribution in [3.05, 3.63) is 12.2 Å². The number of rotatable bonds is 22. The lowest BCUT2D eigenvalue weighted by Crippen LogP contribution is -2.47. The smallest absolute Gasteiger partial charge is 0.349 e. The van der Waals surface area contributed by atoms with E-state index in [1.165, 1.54) is 49.8 Å². The zero-order chi connectivity index (χ0) is 25.4. The molecule has 0 rings (SSSR count). The number of aliphatic carboxylic acids is 1. The number of nitrogens with zero attached hydrogens (tertiary/aromatic N) is 1. The lowest BCUT2D eigenvalue weighted by Gasteiger charge is -2.26. The van der Waals surface area contributed by atoms with E-state index in [0.29, 0.717) is 6.42 Å². The number of amides is 1. The molecular formula is C26H48N2O6. The molecule has 0 aromatic heterocycles. The third-order valence-electron chi connectivity index (χ3n) is 5.76. The zero-order valence-corrected chi connectivity index (χ0v) is 21.4. The molecule has 0 saturated heterocycles. The first-order valence-corrected chi connectivity index (χ1v) is 13.2. The standard InChI is InChI=1S/C26H48N2O6/c1-3-5-6-7-8-9-10-11-12-13-14-15-16-17-18-19-24(30)27-34-26(33)23(4-2)28(20-21-29)22-25(31)32/h11-12,23,29H,3-10,13-22H2,1-2H3,(H,27,30)(H,31,32)/b12-11-. The fourth-order valence-electron chi connectivity index (χ4n) is 3.80. The van der Waals surface area contributed by atoms with Gasteiger partial charge in [-0.2, -0.15) is 5.48 Å². The lowest BCUT2D eigenvalue weighted by molar-refractivity contribution is -0.164. The van der Waals surface area contributed by atoms with E-state index < -0.39 is 24.5 Å². The molecule has 198 valence electrons. The number of nitrogens with one attached hydrogen (secondary N) is 1. The average Bonchev–Trinajstić information content (AvgIpc) is 2.80. The van der Waals surface area contributed by atoms with Gasteiger partial charge >= 0.3 is 11.9 Å². The molecule has 1 amide bonds. The summed E-state index contributed by atoms with van der Waals surface area (Å²) in [6, 6.07) is -0.844. The quantitative estimate of drug-likeness (QED) is 0.115. The van der Waals surface area contributed by atoms with Gasteiger partial charge in [-0.25, -0.2) is 4.79 Å². The first kappa shape index (κ1) is 32.1. The van der Waals surface area contributed by atoms with Crippen LogP contribution in [0.5, 0.6) is 0 Å². The second kappa shape index (κ2) is 22.8. The Morgan fingerprint density at radius 3 is 1.97 bits per heavy atom. The molecule has 0 saturated carbocycles. The van der Waals surface area contributed by atoms with Gasteiger partial charge in [0.25, 0.3) is 5.91 Å². The van der Waals surface area contributed by atoms with E-state index in [0.717, 1.165) is 38.5 Å². The van der Waals surface area contributed by atoms with Gasteiger partial charge in [0.1, 0.15) is 6.04 Å². The Morgan fingerprint density at radius 1 is 0.882 bits per heavy atom. The van der Waals surface area contributed by atoms with Crippen molar-refractivity contribution in [2.24, 2.45) is 0 Å². The van der Waals surface area contributed by atoms with E-state index in [-0.39, 0.29) is 25.5 Å². The highest BCUT2D eigenvalue weighted by atomic mass is 16.7. The Kier molecular flexibility index (Phi) is 21.5. The molecule has 1 atom stereocenters. The molecule has 0 radical (unpaired) electrons. The van der Waals surface area contributed by atoms with Gasteiger partial charge in [-0.05, 0) is 38.5 Å². The molecule has 0 aliphatic rings. The summed E-state index contributed by atoms with van der Waals surface area (Å²) < 4.78 is 0. The molecule has 0 aliphatic heterocycles. The third kappa shape index (κ3) is 18.5. The van der Waals surface area contributed by atoms with E-state index in [1.54, 1.807) is 6.92 Å². The van der Waals surface area contributed by atoms with Crippen LogP contribution in [0.3, 0.4) is 0 Å². The van der Waals surface area contributed by atoms with Crippen LogP contribution < -0.4 is 5.48 Å². The van der Waals surface area contributed by atoms with Gasteiger partial charge in [0.05, 0.1) is 13.2 Å². The number of aliphatic hydroxyl groups is 1. The average molecular weight is 485 g/mol. The van der Waals surface area contributed by atoms with E-state index >= 15 is 0 Å². The van der Waals surface area contributed by atoms with Crippen molar-refractivity contribution in [2.45, 2.75) is 116 Å². The Bertz CT molecular complexity index is 567. The number of hydrogen-bond donors (Lipinski definition) is 3. The maximum atomic E-state index is 12.2. The molecule has 1 unspecified atom stereocenters. The summed E-state index contributed by atoms with van der Waals surface area (Å²) in [6.45, 7) is 3.31. The molecule has 0 aromatic rings. The number of carboxylic acids is 1. The Balaban J connectivity index is 3.80. The van der Waals surface area contributed by atoms with Crippen molar-refractivity contribution in [2.75, 3.05) is 19.7 Å². The van der Waals surface area contributed by atoms with Crippen LogP contribution in [0.2, 0.25) is 0 Å². The molecule has 34 heavy (non-hydrogen) atoms. The first-order valence-electron chi connectivity index (χ1n) is 13.2. The van der Waals surface area contributed by atoms with E-state index in [2.05, 4.69) is 24.6 Å². The maximum Gasteiger partial charge on any atom is 0.349 e. The van der Waals surface area contributed by atoms with Crippen LogP contribution in [0.1, 0.15) is 110 Å². The number of carboxylic acid groups (broad SMARTS) is 1. The molecule has 0 aromatic carbocycles. The van der Waals surface area contributed by atoms with E-state index in [4.69, 9.17) is 15.1 Å². The third-order valence-corrected chi connectivity index (χ3v) is 5.76. The van der Waals surface area contributed by atoms with Crippen LogP contribution in [0.15, 0.2) is 12.2 Å². The van der Waals surface area contributed by atoms with Crippen LogP contribution in [0.25, 0.3) is 0 Å². The van der Waals surface area contributed by atoms with Gasteiger partial charge in [-0.1, -0.05) is 77.4 Å². The van der Waals surface area contributed by atoms with Gasteiger partial charge in [-0.15, -0.1) is 0 Å². The van der Waals surface area contributed by atoms with Gasteiger partial charge in [-0.3, -0.25) is 14.5 Å². The largest absolute Gasteiger partial charge is 0.480 e. The highest BCUT2D eigenvalue weighted by Gasteiger charge is 2.27. The number of aliphatic hydroxyl groups excluding tert-OH is 1. The van der Waals surface area contributed by atoms with Crippen molar-refractivity contribution in [1.29, 1.82) is 0 Å². The molecule has 0 heterocycles. The van der Waals surface area contributed by atoms with Gasteiger partial charge in [0.15, 0.2) is 0 Å². The van der Waals surface area contributed by atoms with Crippen LogP contribution in [-0.2, 0) is 19.2 Å². The number of hydrogen-bond acceptors (Lipinski definition) is 6. The summed E-state index contributed by atoms with van der Waals surface area (Å²) in [6.07, 6.45) is 20.5. The maximum absolute atomic E-state index is 12.2. The summed E-state index contributed by atoms with van der Waals surface area (Å²) in [4.78, 5) is 41.3. The van der Waals surface area contributed by atoms with Crippen LogP contribution in [0, 0.1) is 0 Å². The fraction of sp³-hybridized carbons (Fsp3) is 0.808. The predicted molar refractivity (Wildman–Crippen MR) is 134 cm³/mol. The topological polar surface area (TPSA) is 116 Å². The van der Waals surface area contributed by atoms with Gasteiger partial charge in [0.2, 0.25) is 0 Å². The molecule has 3 N–H and O–H groups in total. The highest BCUT2D eigenvalue weighted by Crippen LogP contribution is 2.10. The monoisotopic (exact) mass is 484 g/mol. The van der Waals surface area contributed by atoms with Crippen molar-refractivity contribution in [1.82, 2.24) is 10.4 Å². The molecule has 8 nitrogen and oxygen atoms in total. The Labute approximate surface area is 206 Å². The summed E-state index contributed by atoms with van der Waals surface area (Å²) >= 11 is 0. The summed E-state index contributed by atoms with van der Waals surface area (Å²) in [5, 5.41) is 18.1. The predicted octanol–water partition coefficient (Wildman–Crippen LogP) is 4.76. The molecular weight excluding hydrogens is 436 g/mol. The first-order chi connectivity index (χ1) is 16.5. The van der Waals surface area contributed by atoms with E-state index in [9.17, 15) is 14.4 Å². The fourth-order valence-corrected chi connectivity index (χ4v) is 3.80. The van der Waals surface area contributed by atoms with Gasteiger partial charge in [0, 0.05) is 13.0 Å². The van der Waals surface area contributed by atoms with Crippen LogP contribution in [-0.4, -0.2) is 58.7 Å². The normalized spacial score (nSPS) is 12.2. The van der Waals surface area contributed by atoms with Crippen molar-refractivity contribution < 1.29 is 29.4 Å². The minimum absolute atomic E-state index is 0.0305. The minimum Gasteiger partial charge on any atom is -0.480 e. The number of carbonyl (C=O) groups is 3. The number of unbranched alkanes of at least 4 members (excludes halogenated alkanes) is 11. The zero-order valence-electron chi connectivity index (χ0n) is 21.4. The van der Waals surface area contributed by atoms with E-state index in [1.807, 2.05) is 0 Å². The SMILES string of the molecule is CCCCCCCC/C=C\CCCCCCCC(=O)NOC(=O)C(CC)N(CCO)CC(=O)O. The van der Waals surface area contributed by atoms with Crippen molar-refractivity contribution in [3.8, 4) is 0 Å². The number of carbonyl (C=O) groups excluding carboxylic acids is 2. The Morgan fingerprint density at radius 2 is 1.44 bits per heavy atom.